The molecule has 1 heterocycles. The Kier molecular flexibility index (Phi) is 7.27. The highest BCUT2D eigenvalue weighted by Crippen LogP contribution is 2.13. The number of aliphatic hydroxyl groups is 2. The maximum absolute atomic E-state index is 11.9. The number of aliphatic hydroxyl groups excluding tert-OH is 2. The number of carbonyl (C=O) groups is 2. The summed E-state index contributed by atoms with van der Waals surface area (Å²) in [5.74, 6) is -1.16. The van der Waals surface area contributed by atoms with E-state index in [0.717, 1.165) is 0 Å². The van der Waals surface area contributed by atoms with Gasteiger partial charge in [0.1, 0.15) is 6.04 Å². The highest BCUT2D eigenvalue weighted by molar-refractivity contribution is 5.82. The lowest BCUT2D eigenvalue weighted by molar-refractivity contribution is -0.139. The van der Waals surface area contributed by atoms with E-state index in [9.17, 15) is 9.59 Å². The van der Waals surface area contributed by atoms with E-state index in [4.69, 9.17) is 20.1 Å². The molecule has 1 aliphatic rings. The lowest BCUT2D eigenvalue weighted by atomic mass is 10.1. The number of nitrogens with one attached hydrogen (secondary N) is 1. The zero-order valence-corrected chi connectivity index (χ0v) is 11.3. The van der Waals surface area contributed by atoms with Crippen LogP contribution in [-0.2, 0) is 9.53 Å². The molecule has 2 amide bonds. The monoisotopic (exact) mass is 290 g/mol. The van der Waals surface area contributed by atoms with Crippen molar-refractivity contribution in [3.8, 4) is 0 Å². The van der Waals surface area contributed by atoms with Crippen LogP contribution in [0.4, 0.5) is 4.79 Å². The highest BCUT2D eigenvalue weighted by Gasteiger charge is 2.26. The first-order valence-corrected chi connectivity index (χ1v) is 6.70. The van der Waals surface area contributed by atoms with Crippen molar-refractivity contribution in [1.29, 1.82) is 0 Å². The SMILES string of the molecule is O=C(O)[C@H](CCO)NC(=O)N1CCC(OCCO)CC1. The number of aliphatic carboxylic acids is 1. The Labute approximate surface area is 117 Å². The Hall–Kier alpha value is -1.38. The normalized spacial score (nSPS) is 17.8. The van der Waals surface area contributed by atoms with Gasteiger partial charge >= 0.3 is 12.0 Å². The molecule has 20 heavy (non-hydrogen) atoms. The Balaban J connectivity index is 2.36. The van der Waals surface area contributed by atoms with E-state index in [1.54, 1.807) is 0 Å². The molecule has 0 radical (unpaired) electrons. The fourth-order valence-electron chi connectivity index (χ4n) is 2.07. The largest absolute Gasteiger partial charge is 0.480 e. The number of hydrogen-bond donors (Lipinski definition) is 4. The lowest BCUT2D eigenvalue weighted by Gasteiger charge is -2.32. The van der Waals surface area contributed by atoms with Gasteiger partial charge in [-0.05, 0) is 12.8 Å². The minimum Gasteiger partial charge on any atom is -0.480 e. The number of carbonyl (C=O) groups excluding carboxylic acids is 1. The average molecular weight is 290 g/mol. The number of carboxylic acid groups (broad SMARTS) is 1. The fourth-order valence-corrected chi connectivity index (χ4v) is 2.07. The number of urea groups is 1. The van der Waals surface area contributed by atoms with Crippen molar-refractivity contribution >= 4 is 12.0 Å². The first-order chi connectivity index (χ1) is 9.58. The van der Waals surface area contributed by atoms with Crippen molar-refractivity contribution < 1.29 is 29.6 Å². The molecule has 0 aromatic heterocycles. The van der Waals surface area contributed by atoms with Crippen molar-refractivity contribution in [2.24, 2.45) is 0 Å². The number of piperidine rings is 1. The standard InChI is InChI=1S/C12H22N2O6/c15-6-3-10(11(17)18)13-12(19)14-4-1-9(2-5-14)20-8-7-16/h9-10,15-16H,1-8H2,(H,13,19)(H,17,18)/t10-/m0/s1. The third kappa shape index (κ3) is 5.32. The van der Waals surface area contributed by atoms with Crippen molar-refractivity contribution in [1.82, 2.24) is 10.2 Å². The molecule has 1 aliphatic heterocycles. The van der Waals surface area contributed by atoms with Crippen molar-refractivity contribution in [2.75, 3.05) is 32.9 Å². The second-order valence-corrected chi connectivity index (χ2v) is 4.63. The van der Waals surface area contributed by atoms with Gasteiger partial charge in [0.15, 0.2) is 0 Å². The van der Waals surface area contributed by atoms with Crippen LogP contribution in [0.15, 0.2) is 0 Å². The number of amides is 2. The van der Waals surface area contributed by atoms with E-state index in [2.05, 4.69) is 5.32 Å². The third-order valence-electron chi connectivity index (χ3n) is 3.19. The second kappa shape index (κ2) is 8.72. The van der Waals surface area contributed by atoms with Crippen molar-refractivity contribution in [3.63, 3.8) is 0 Å². The van der Waals surface area contributed by atoms with Crippen molar-refractivity contribution in [2.45, 2.75) is 31.4 Å². The number of likely N-dealkylation sites (tertiary alicyclic amines) is 1. The van der Waals surface area contributed by atoms with Gasteiger partial charge in [-0.1, -0.05) is 0 Å². The molecule has 0 spiro atoms. The summed E-state index contributed by atoms with van der Waals surface area (Å²) in [4.78, 5) is 24.3. The zero-order chi connectivity index (χ0) is 15.0. The third-order valence-corrected chi connectivity index (χ3v) is 3.19. The minimum atomic E-state index is -1.16. The molecule has 1 fully saturated rings. The van der Waals surface area contributed by atoms with Crippen LogP contribution in [0, 0.1) is 0 Å². The first-order valence-electron chi connectivity index (χ1n) is 6.70. The summed E-state index contributed by atoms with van der Waals surface area (Å²) in [5.41, 5.74) is 0. The van der Waals surface area contributed by atoms with E-state index in [1.165, 1.54) is 4.90 Å². The Morgan fingerprint density at radius 1 is 1.25 bits per heavy atom. The molecular formula is C12H22N2O6. The van der Waals surface area contributed by atoms with Gasteiger partial charge in [0, 0.05) is 26.1 Å². The van der Waals surface area contributed by atoms with Crippen LogP contribution in [0.5, 0.6) is 0 Å². The van der Waals surface area contributed by atoms with Crippen LogP contribution in [0.25, 0.3) is 0 Å². The number of ether oxygens (including phenoxy) is 1. The molecule has 1 saturated heterocycles. The fraction of sp³-hybridized carbons (Fsp3) is 0.833. The van der Waals surface area contributed by atoms with E-state index in [-0.39, 0.29) is 32.3 Å². The summed E-state index contributed by atoms with van der Waals surface area (Å²) in [5, 5.41) is 28.7. The second-order valence-electron chi connectivity index (χ2n) is 4.63. The van der Waals surface area contributed by atoms with Gasteiger partial charge in [0.25, 0.3) is 0 Å². The van der Waals surface area contributed by atoms with Crippen LogP contribution >= 0.6 is 0 Å². The number of carboxylic acids is 1. The van der Waals surface area contributed by atoms with Gasteiger partial charge in [0.2, 0.25) is 0 Å². The Morgan fingerprint density at radius 3 is 2.40 bits per heavy atom. The molecule has 1 atom stereocenters. The molecule has 0 unspecified atom stereocenters. The summed E-state index contributed by atoms with van der Waals surface area (Å²) >= 11 is 0. The molecule has 0 bridgehead atoms. The lowest BCUT2D eigenvalue weighted by Crippen LogP contribution is -2.51. The molecule has 0 aliphatic carbocycles. The predicted molar refractivity (Wildman–Crippen MR) is 69.3 cm³/mol. The summed E-state index contributed by atoms with van der Waals surface area (Å²) in [6.07, 6.45) is 1.33. The van der Waals surface area contributed by atoms with Gasteiger partial charge in [0.05, 0.1) is 19.3 Å². The van der Waals surface area contributed by atoms with Gasteiger partial charge in [-0.2, -0.15) is 0 Å². The molecule has 116 valence electrons. The van der Waals surface area contributed by atoms with E-state index >= 15 is 0 Å². The molecule has 8 nitrogen and oxygen atoms in total. The minimum absolute atomic E-state index is 0.0167. The maximum Gasteiger partial charge on any atom is 0.326 e. The van der Waals surface area contributed by atoms with E-state index in [0.29, 0.717) is 25.9 Å². The summed E-state index contributed by atoms with van der Waals surface area (Å²) in [6.45, 7) is 0.922. The maximum atomic E-state index is 11.9. The van der Waals surface area contributed by atoms with Gasteiger partial charge in [-0.25, -0.2) is 9.59 Å². The van der Waals surface area contributed by atoms with Gasteiger partial charge < -0.3 is 30.3 Å². The van der Waals surface area contributed by atoms with Crippen LogP contribution in [0.1, 0.15) is 19.3 Å². The summed E-state index contributed by atoms with van der Waals surface area (Å²) in [7, 11) is 0. The van der Waals surface area contributed by atoms with E-state index in [1.807, 2.05) is 0 Å². The Morgan fingerprint density at radius 2 is 1.90 bits per heavy atom. The molecular weight excluding hydrogens is 268 g/mol. The highest BCUT2D eigenvalue weighted by atomic mass is 16.5. The van der Waals surface area contributed by atoms with Crippen molar-refractivity contribution in [3.05, 3.63) is 0 Å². The molecule has 0 aromatic rings. The molecule has 8 heteroatoms. The van der Waals surface area contributed by atoms with Crippen LogP contribution in [0.3, 0.4) is 0 Å². The van der Waals surface area contributed by atoms with Gasteiger partial charge in [-0.15, -0.1) is 0 Å². The smallest absolute Gasteiger partial charge is 0.326 e. The van der Waals surface area contributed by atoms with Crippen LogP contribution in [0.2, 0.25) is 0 Å². The van der Waals surface area contributed by atoms with Crippen LogP contribution in [-0.4, -0.2) is 77.3 Å². The molecule has 0 aromatic carbocycles. The quantitative estimate of drug-likeness (QED) is 0.478. The predicted octanol–water partition coefficient (Wildman–Crippen LogP) is -0.995. The average Bonchev–Trinajstić information content (AvgIpc) is 2.45. The summed E-state index contributed by atoms with van der Waals surface area (Å²) < 4.78 is 5.38. The van der Waals surface area contributed by atoms with Crippen LogP contribution < -0.4 is 5.32 Å². The van der Waals surface area contributed by atoms with Gasteiger partial charge in [-0.3, -0.25) is 0 Å². The zero-order valence-electron chi connectivity index (χ0n) is 11.3. The number of hydrogen-bond acceptors (Lipinski definition) is 5. The van der Waals surface area contributed by atoms with E-state index < -0.39 is 18.0 Å². The molecule has 0 saturated carbocycles. The summed E-state index contributed by atoms with van der Waals surface area (Å²) in [6, 6.07) is -1.51. The first kappa shape index (κ1) is 16.7. The molecule has 1 rings (SSSR count). The number of rotatable bonds is 7. The topological polar surface area (TPSA) is 119 Å². The molecule has 4 N–H and O–H groups in total. The Bertz CT molecular complexity index is 317. The number of nitrogens with zero attached hydrogens (tertiary/aromatic N) is 1.